The summed E-state index contributed by atoms with van der Waals surface area (Å²) in [5.41, 5.74) is -0.823. The van der Waals surface area contributed by atoms with Gasteiger partial charge in [-0.2, -0.15) is 0 Å². The van der Waals surface area contributed by atoms with Crippen molar-refractivity contribution >= 4 is 29.3 Å². The van der Waals surface area contributed by atoms with E-state index in [1.807, 2.05) is 34.6 Å². The lowest BCUT2D eigenvalue weighted by atomic mass is 9.96. The predicted molar refractivity (Wildman–Crippen MR) is 99.2 cm³/mol. The summed E-state index contributed by atoms with van der Waals surface area (Å²) in [4.78, 5) is 18.5. The van der Waals surface area contributed by atoms with Gasteiger partial charge in [0.1, 0.15) is 11.7 Å². The maximum absolute atomic E-state index is 12.5. The van der Waals surface area contributed by atoms with E-state index in [1.165, 1.54) is 6.20 Å². The van der Waals surface area contributed by atoms with Gasteiger partial charge in [-0.15, -0.1) is 0 Å². The average Bonchev–Trinajstić information content (AvgIpc) is 3.01. The summed E-state index contributed by atoms with van der Waals surface area (Å²) in [6, 6.07) is 1.66. The number of ether oxygens (including phenoxy) is 2. The highest BCUT2D eigenvalue weighted by atomic mass is 35.5. The first-order valence-electron chi connectivity index (χ1n) is 8.46. The number of rotatable bonds is 4. The normalized spacial score (nSPS) is 16.8. The highest BCUT2D eigenvalue weighted by Gasteiger charge is 2.40. The van der Waals surface area contributed by atoms with Crippen LogP contribution in [-0.4, -0.2) is 40.3 Å². The Labute approximate surface area is 159 Å². The Morgan fingerprint density at radius 2 is 1.76 bits per heavy atom. The summed E-state index contributed by atoms with van der Waals surface area (Å²) >= 11 is 12.1. The van der Waals surface area contributed by atoms with Crippen LogP contribution in [0.4, 0.5) is 4.79 Å². The summed E-state index contributed by atoms with van der Waals surface area (Å²) in [7, 11) is 0. The van der Waals surface area contributed by atoms with Gasteiger partial charge in [0.25, 0.3) is 0 Å². The van der Waals surface area contributed by atoms with Crippen LogP contribution in [0.1, 0.15) is 59.3 Å². The van der Waals surface area contributed by atoms with Crippen molar-refractivity contribution in [2.75, 3.05) is 13.1 Å². The molecule has 0 saturated carbocycles. The van der Waals surface area contributed by atoms with Crippen molar-refractivity contribution < 1.29 is 14.3 Å². The highest BCUT2D eigenvalue weighted by Crippen LogP contribution is 2.37. The largest absolute Gasteiger partial charge is 0.440 e. The van der Waals surface area contributed by atoms with Crippen molar-refractivity contribution in [3.63, 3.8) is 0 Å². The molecule has 140 valence electrons. The zero-order chi connectivity index (χ0) is 18.8. The third-order valence-electron chi connectivity index (χ3n) is 3.92. The minimum absolute atomic E-state index is 0.329. The van der Waals surface area contributed by atoms with Crippen molar-refractivity contribution in [2.45, 2.75) is 64.8 Å². The van der Waals surface area contributed by atoms with Crippen LogP contribution in [0.3, 0.4) is 0 Å². The standard InChI is InChI=1S/C18H26Cl2N2O3/c1-17(2,3)24-15(14-10-12(19)13(20)11-21-14)18(4,5)25-16(23)22-8-6-7-9-22/h10-11,15H,6-9H2,1-5H3. The molecule has 1 atom stereocenters. The number of halogens is 2. The van der Waals surface area contributed by atoms with Gasteiger partial charge in [0, 0.05) is 19.3 Å². The zero-order valence-electron chi connectivity index (χ0n) is 15.4. The molecule has 0 radical (unpaired) electrons. The van der Waals surface area contributed by atoms with Crippen LogP contribution in [-0.2, 0) is 9.47 Å². The molecule has 1 unspecified atom stereocenters. The molecule has 0 bridgehead atoms. The van der Waals surface area contributed by atoms with Gasteiger partial charge in [-0.25, -0.2) is 4.79 Å². The number of likely N-dealkylation sites (tertiary alicyclic amines) is 1. The maximum atomic E-state index is 12.5. The van der Waals surface area contributed by atoms with E-state index in [2.05, 4.69) is 4.98 Å². The predicted octanol–water partition coefficient (Wildman–Crippen LogP) is 5.26. The van der Waals surface area contributed by atoms with Crippen LogP contribution >= 0.6 is 23.2 Å². The number of nitrogens with zero attached hydrogens (tertiary/aromatic N) is 2. The fourth-order valence-electron chi connectivity index (χ4n) is 2.73. The molecule has 2 rings (SSSR count). The van der Waals surface area contributed by atoms with Crippen LogP contribution in [0.5, 0.6) is 0 Å². The molecule has 0 aromatic carbocycles. The van der Waals surface area contributed by atoms with E-state index < -0.39 is 17.3 Å². The summed E-state index contributed by atoms with van der Waals surface area (Å²) in [5.74, 6) is 0. The molecule has 1 aromatic heterocycles. The third kappa shape index (κ3) is 5.47. The number of pyridine rings is 1. The lowest BCUT2D eigenvalue weighted by molar-refractivity contribution is -0.154. The van der Waals surface area contributed by atoms with Gasteiger partial charge < -0.3 is 14.4 Å². The van der Waals surface area contributed by atoms with E-state index in [1.54, 1.807) is 11.0 Å². The number of hydrogen-bond donors (Lipinski definition) is 0. The maximum Gasteiger partial charge on any atom is 0.410 e. The number of carbonyl (C=O) groups is 1. The van der Waals surface area contributed by atoms with Crippen molar-refractivity contribution in [1.82, 2.24) is 9.88 Å². The molecule has 1 fully saturated rings. The average molecular weight is 389 g/mol. The van der Waals surface area contributed by atoms with E-state index in [9.17, 15) is 4.79 Å². The molecule has 2 heterocycles. The molecule has 1 amide bonds. The second kappa shape index (κ2) is 7.68. The summed E-state index contributed by atoms with van der Waals surface area (Å²) in [6.45, 7) is 10.9. The minimum Gasteiger partial charge on any atom is -0.440 e. The highest BCUT2D eigenvalue weighted by molar-refractivity contribution is 6.41. The Kier molecular flexibility index (Phi) is 6.23. The fourth-order valence-corrected chi connectivity index (χ4v) is 2.99. The lowest BCUT2D eigenvalue weighted by Gasteiger charge is -2.38. The van der Waals surface area contributed by atoms with E-state index in [0.29, 0.717) is 15.7 Å². The van der Waals surface area contributed by atoms with Crippen LogP contribution in [0.2, 0.25) is 10.0 Å². The molecule has 1 aliphatic rings. The van der Waals surface area contributed by atoms with Crippen molar-refractivity contribution in [1.29, 1.82) is 0 Å². The number of carbonyl (C=O) groups excluding carboxylic acids is 1. The number of aromatic nitrogens is 1. The molecular weight excluding hydrogens is 363 g/mol. The van der Waals surface area contributed by atoms with Crippen LogP contribution < -0.4 is 0 Å². The SMILES string of the molecule is CC(C)(C)OC(c1cc(Cl)c(Cl)cn1)C(C)(C)OC(=O)N1CCCC1. The third-order valence-corrected chi connectivity index (χ3v) is 4.63. The molecule has 0 aliphatic carbocycles. The monoisotopic (exact) mass is 388 g/mol. The zero-order valence-corrected chi connectivity index (χ0v) is 16.9. The first kappa shape index (κ1) is 20.3. The molecule has 1 aromatic rings. The Balaban J connectivity index is 2.28. The Morgan fingerprint density at radius 1 is 1.16 bits per heavy atom. The Hall–Kier alpha value is -1.04. The second-order valence-corrected chi connectivity index (χ2v) is 8.61. The molecule has 25 heavy (non-hydrogen) atoms. The minimum atomic E-state index is -0.933. The molecule has 7 heteroatoms. The first-order valence-corrected chi connectivity index (χ1v) is 9.22. The van der Waals surface area contributed by atoms with Gasteiger partial charge in [0.05, 0.1) is 21.3 Å². The van der Waals surface area contributed by atoms with Crippen LogP contribution in [0.15, 0.2) is 12.3 Å². The van der Waals surface area contributed by atoms with E-state index >= 15 is 0 Å². The molecule has 0 N–H and O–H groups in total. The van der Waals surface area contributed by atoms with Gasteiger partial charge in [0.15, 0.2) is 0 Å². The van der Waals surface area contributed by atoms with Gasteiger partial charge >= 0.3 is 6.09 Å². The molecular formula is C18H26Cl2N2O3. The number of hydrogen-bond acceptors (Lipinski definition) is 4. The molecule has 5 nitrogen and oxygen atoms in total. The molecule has 1 aliphatic heterocycles. The molecule has 0 spiro atoms. The summed E-state index contributed by atoms with van der Waals surface area (Å²) in [6.07, 6.45) is 2.58. The Bertz CT molecular complexity index is 623. The van der Waals surface area contributed by atoms with E-state index in [-0.39, 0.29) is 6.09 Å². The Morgan fingerprint density at radius 3 is 2.28 bits per heavy atom. The first-order chi connectivity index (χ1) is 11.5. The van der Waals surface area contributed by atoms with Crippen LogP contribution in [0.25, 0.3) is 0 Å². The van der Waals surface area contributed by atoms with Gasteiger partial charge in [-0.3, -0.25) is 4.98 Å². The second-order valence-electron chi connectivity index (χ2n) is 7.80. The quantitative estimate of drug-likeness (QED) is 0.705. The smallest absolute Gasteiger partial charge is 0.410 e. The van der Waals surface area contributed by atoms with Crippen molar-refractivity contribution in [2.24, 2.45) is 0 Å². The number of amides is 1. The van der Waals surface area contributed by atoms with Crippen molar-refractivity contribution in [3.05, 3.63) is 28.0 Å². The fraction of sp³-hybridized carbons (Fsp3) is 0.667. The van der Waals surface area contributed by atoms with Gasteiger partial charge in [-0.1, -0.05) is 23.2 Å². The van der Waals surface area contributed by atoms with Gasteiger partial charge in [-0.05, 0) is 53.5 Å². The van der Waals surface area contributed by atoms with Crippen LogP contribution in [0, 0.1) is 0 Å². The topological polar surface area (TPSA) is 51.7 Å². The molecule has 1 saturated heterocycles. The summed E-state index contributed by atoms with van der Waals surface area (Å²) in [5, 5.41) is 0.752. The lowest BCUT2D eigenvalue weighted by Crippen LogP contribution is -2.43. The van der Waals surface area contributed by atoms with E-state index in [4.69, 9.17) is 32.7 Å². The van der Waals surface area contributed by atoms with E-state index in [0.717, 1.165) is 25.9 Å². The summed E-state index contributed by atoms with van der Waals surface area (Å²) < 4.78 is 12.0. The van der Waals surface area contributed by atoms with Crippen molar-refractivity contribution in [3.8, 4) is 0 Å². The van der Waals surface area contributed by atoms with Gasteiger partial charge in [0.2, 0.25) is 0 Å².